The second kappa shape index (κ2) is 7.61. The normalized spacial score (nSPS) is 12.0. The molecule has 0 spiro atoms. The topological polar surface area (TPSA) is 66.4 Å². The number of carbonyl (C=O) groups is 2. The minimum Gasteiger partial charge on any atom is -0.478 e. The number of hydrogen-bond donors (Lipinski definition) is 2. The quantitative estimate of drug-likeness (QED) is 0.722. The van der Waals surface area contributed by atoms with Crippen molar-refractivity contribution in [3.05, 3.63) is 69.8 Å². The lowest BCUT2D eigenvalue weighted by Crippen LogP contribution is -2.16. The first kappa shape index (κ1) is 19.5. The number of hydrogen-bond acceptors (Lipinski definition) is 2. The molecule has 0 unspecified atom stereocenters. The van der Waals surface area contributed by atoms with Gasteiger partial charge < -0.3 is 10.4 Å². The Kier molecular flexibility index (Phi) is 5.72. The second-order valence-corrected chi connectivity index (χ2v) is 5.80. The highest BCUT2D eigenvalue weighted by Crippen LogP contribution is 2.33. The van der Waals surface area contributed by atoms with Crippen LogP contribution in [0.4, 0.5) is 18.9 Å². The summed E-state index contributed by atoms with van der Waals surface area (Å²) in [6.07, 6.45) is -3.47. The molecule has 0 radical (unpaired) electrons. The van der Waals surface area contributed by atoms with Crippen LogP contribution in [0.25, 0.3) is 6.08 Å². The van der Waals surface area contributed by atoms with Crippen molar-refractivity contribution in [3.8, 4) is 0 Å². The number of carbonyl (C=O) groups excluding carboxylic acids is 1. The molecule has 0 fully saturated rings. The van der Waals surface area contributed by atoms with Gasteiger partial charge in [0.25, 0.3) is 5.91 Å². The van der Waals surface area contributed by atoms with Gasteiger partial charge in [0, 0.05) is 10.6 Å². The molecule has 8 heteroatoms. The fourth-order valence-electron chi connectivity index (χ4n) is 2.20. The van der Waals surface area contributed by atoms with Crippen LogP contribution in [-0.4, -0.2) is 17.0 Å². The van der Waals surface area contributed by atoms with Crippen LogP contribution in [0.5, 0.6) is 0 Å². The van der Waals surface area contributed by atoms with Gasteiger partial charge in [-0.25, -0.2) is 4.79 Å². The van der Waals surface area contributed by atoms with Crippen molar-refractivity contribution in [3.63, 3.8) is 0 Å². The third kappa shape index (κ3) is 4.64. The molecule has 0 aromatic heterocycles. The number of halogens is 4. The maximum atomic E-state index is 13.0. The van der Waals surface area contributed by atoms with Gasteiger partial charge >= 0.3 is 12.1 Å². The molecule has 0 heterocycles. The summed E-state index contributed by atoms with van der Waals surface area (Å²) in [6.45, 7) is 1.33. The van der Waals surface area contributed by atoms with Gasteiger partial charge in [0.15, 0.2) is 0 Å². The zero-order valence-corrected chi connectivity index (χ0v) is 14.2. The van der Waals surface area contributed by atoms with Crippen molar-refractivity contribution in [1.29, 1.82) is 0 Å². The lowest BCUT2D eigenvalue weighted by molar-refractivity contribution is -0.137. The number of aromatic carboxylic acids is 1. The maximum absolute atomic E-state index is 13.0. The summed E-state index contributed by atoms with van der Waals surface area (Å²) in [5.41, 5.74) is -1.29. The van der Waals surface area contributed by atoms with E-state index in [2.05, 4.69) is 5.32 Å². The van der Waals surface area contributed by atoms with Gasteiger partial charge in [-0.3, -0.25) is 4.79 Å². The molecule has 4 nitrogen and oxygen atoms in total. The zero-order chi connectivity index (χ0) is 19.5. The van der Waals surface area contributed by atoms with E-state index in [1.165, 1.54) is 37.3 Å². The van der Waals surface area contributed by atoms with E-state index in [0.29, 0.717) is 0 Å². The molecule has 2 N–H and O–H groups in total. The maximum Gasteiger partial charge on any atom is 0.416 e. The second-order valence-electron chi connectivity index (χ2n) is 5.36. The van der Waals surface area contributed by atoms with Crippen molar-refractivity contribution in [1.82, 2.24) is 0 Å². The Balaban J connectivity index is 2.32. The fourth-order valence-corrected chi connectivity index (χ4v) is 2.38. The highest BCUT2D eigenvalue weighted by molar-refractivity contribution is 6.31. The van der Waals surface area contributed by atoms with Crippen molar-refractivity contribution < 1.29 is 27.9 Å². The van der Waals surface area contributed by atoms with E-state index in [4.69, 9.17) is 16.7 Å². The summed E-state index contributed by atoms with van der Waals surface area (Å²) < 4.78 is 39.1. The van der Waals surface area contributed by atoms with Crippen molar-refractivity contribution >= 4 is 35.2 Å². The molecule has 2 aromatic carbocycles. The average molecular weight is 384 g/mol. The first-order valence-electron chi connectivity index (χ1n) is 7.28. The number of carboxylic acids is 1. The van der Waals surface area contributed by atoms with Gasteiger partial charge in [-0.1, -0.05) is 29.8 Å². The summed E-state index contributed by atoms with van der Waals surface area (Å²) in [5.74, 6) is -2.03. The lowest BCUT2D eigenvalue weighted by Gasteiger charge is -2.12. The fraction of sp³-hybridized carbons (Fsp3) is 0.111. The smallest absolute Gasteiger partial charge is 0.416 e. The van der Waals surface area contributed by atoms with E-state index in [0.717, 1.165) is 18.2 Å². The van der Waals surface area contributed by atoms with Crippen LogP contribution < -0.4 is 5.32 Å². The van der Waals surface area contributed by atoms with Crippen LogP contribution in [0, 0.1) is 0 Å². The summed E-state index contributed by atoms with van der Waals surface area (Å²) >= 11 is 5.73. The minimum absolute atomic E-state index is 0.0104. The molecule has 0 saturated carbocycles. The molecule has 0 aliphatic rings. The highest BCUT2D eigenvalue weighted by Gasteiger charge is 2.32. The van der Waals surface area contributed by atoms with Crippen molar-refractivity contribution in [2.75, 3.05) is 5.32 Å². The van der Waals surface area contributed by atoms with Crippen LogP contribution in [0.3, 0.4) is 0 Å². The van der Waals surface area contributed by atoms with Crippen LogP contribution in [0.15, 0.2) is 48.0 Å². The lowest BCUT2D eigenvalue weighted by atomic mass is 10.0. The largest absolute Gasteiger partial charge is 0.478 e. The third-order valence-electron chi connectivity index (χ3n) is 3.46. The first-order chi connectivity index (χ1) is 12.1. The van der Waals surface area contributed by atoms with Crippen molar-refractivity contribution in [2.24, 2.45) is 0 Å². The van der Waals surface area contributed by atoms with E-state index in [1.807, 2.05) is 0 Å². The number of anilines is 1. The number of alkyl halides is 3. The van der Waals surface area contributed by atoms with Crippen LogP contribution >= 0.6 is 11.6 Å². The van der Waals surface area contributed by atoms with Crippen LogP contribution in [-0.2, 0) is 11.0 Å². The molecule has 0 aliphatic heterocycles. The first-order valence-corrected chi connectivity index (χ1v) is 7.66. The Bertz CT molecular complexity index is 891. The molecular weight excluding hydrogens is 371 g/mol. The predicted molar refractivity (Wildman–Crippen MR) is 92.1 cm³/mol. The van der Waals surface area contributed by atoms with Gasteiger partial charge in [-0.05, 0) is 42.8 Å². The Morgan fingerprint density at radius 1 is 1.15 bits per heavy atom. The van der Waals surface area contributed by atoms with Crippen LogP contribution in [0.1, 0.15) is 28.4 Å². The minimum atomic E-state index is -4.56. The van der Waals surface area contributed by atoms with E-state index in [1.54, 1.807) is 0 Å². The van der Waals surface area contributed by atoms with E-state index >= 15 is 0 Å². The predicted octanol–water partition coefficient (Wildman–Crippen LogP) is 5.10. The summed E-state index contributed by atoms with van der Waals surface area (Å²) in [6, 6.07) is 8.69. The van der Waals surface area contributed by atoms with Crippen molar-refractivity contribution in [2.45, 2.75) is 13.1 Å². The number of rotatable bonds is 4. The van der Waals surface area contributed by atoms with Gasteiger partial charge in [-0.2, -0.15) is 13.2 Å². The summed E-state index contributed by atoms with van der Waals surface area (Å²) in [4.78, 5) is 23.5. The molecular formula is C18H13ClF3NO3. The molecule has 2 aromatic rings. The molecule has 2 rings (SSSR count). The monoisotopic (exact) mass is 383 g/mol. The molecule has 0 saturated heterocycles. The van der Waals surface area contributed by atoms with Gasteiger partial charge in [-0.15, -0.1) is 0 Å². The number of nitrogens with one attached hydrogen (secondary N) is 1. The Morgan fingerprint density at radius 2 is 1.81 bits per heavy atom. The van der Waals surface area contributed by atoms with Gasteiger partial charge in [0.2, 0.25) is 0 Å². The molecule has 0 atom stereocenters. The Labute approximate surface area is 151 Å². The zero-order valence-electron chi connectivity index (χ0n) is 13.4. The molecule has 136 valence electrons. The van der Waals surface area contributed by atoms with Gasteiger partial charge in [0.05, 0.1) is 16.8 Å². The molecule has 0 bridgehead atoms. The van der Waals surface area contributed by atoms with E-state index < -0.39 is 23.6 Å². The molecule has 26 heavy (non-hydrogen) atoms. The standard InChI is InChI=1S/C18H13ClF3NO3/c1-10(8-11-4-2-3-5-14(11)18(20,21)22)16(24)23-15-7-6-12(19)9-13(15)17(25)26/h2-9H,1H3,(H,23,24)(H,25,26)/b10-8+. The SMILES string of the molecule is C/C(=C\c1ccccc1C(F)(F)F)C(=O)Nc1ccc(Cl)cc1C(=O)O. The summed E-state index contributed by atoms with van der Waals surface area (Å²) in [7, 11) is 0. The number of amides is 1. The number of carboxylic acid groups (broad SMARTS) is 1. The van der Waals surface area contributed by atoms with Gasteiger partial charge in [0.1, 0.15) is 0 Å². The average Bonchev–Trinajstić information content (AvgIpc) is 2.55. The van der Waals surface area contributed by atoms with E-state index in [9.17, 15) is 22.8 Å². The Hall–Kier alpha value is -2.80. The summed E-state index contributed by atoms with van der Waals surface area (Å²) in [5, 5.41) is 11.7. The number of benzene rings is 2. The molecule has 0 aliphatic carbocycles. The van der Waals surface area contributed by atoms with E-state index in [-0.39, 0.29) is 27.4 Å². The molecule has 1 amide bonds. The van der Waals surface area contributed by atoms with Crippen LogP contribution in [0.2, 0.25) is 5.02 Å². The highest BCUT2D eigenvalue weighted by atomic mass is 35.5. The Morgan fingerprint density at radius 3 is 2.42 bits per heavy atom. The third-order valence-corrected chi connectivity index (χ3v) is 3.69.